The number of alkyl halides is 3. The molecule has 10 nitrogen and oxygen atoms in total. The van der Waals surface area contributed by atoms with E-state index in [2.05, 4.69) is 0 Å². The van der Waals surface area contributed by atoms with E-state index in [0.29, 0.717) is 11.1 Å². The maximum atomic E-state index is 14.8. The number of fused-ring (bicyclic) bond motifs is 1. The molecule has 4 aromatic rings. The minimum Gasteiger partial charge on any atom is -0.463 e. The summed E-state index contributed by atoms with van der Waals surface area (Å²) in [5, 5.41) is 23.0. The molecule has 0 aliphatic carbocycles. The number of aromatic nitrogens is 1. The van der Waals surface area contributed by atoms with Gasteiger partial charge in [-0.25, -0.2) is 4.79 Å². The average molecular weight is 651 g/mol. The van der Waals surface area contributed by atoms with Crippen LogP contribution in [0.1, 0.15) is 34.0 Å². The SMILES string of the molecule is CCOC(=O)/C=C/c1ccc(C(=O)N2CCN(CC(O)(c3cn(Cc4ccccc4)c4cc([N+](=O)[O-])ccc34)C(F)(F)F)CC2)cc1. The topological polar surface area (TPSA) is 118 Å². The largest absolute Gasteiger partial charge is 0.463 e. The summed E-state index contributed by atoms with van der Waals surface area (Å²) >= 11 is 0. The van der Waals surface area contributed by atoms with Gasteiger partial charge in [0.25, 0.3) is 11.6 Å². The molecule has 13 heteroatoms. The number of piperazine rings is 1. The second-order valence-electron chi connectivity index (χ2n) is 11.2. The summed E-state index contributed by atoms with van der Waals surface area (Å²) in [6, 6.07) is 19.1. The third-order valence-corrected chi connectivity index (χ3v) is 8.15. The predicted molar refractivity (Wildman–Crippen MR) is 169 cm³/mol. The van der Waals surface area contributed by atoms with Crippen molar-refractivity contribution in [3.8, 4) is 0 Å². The first-order chi connectivity index (χ1) is 22.4. The van der Waals surface area contributed by atoms with E-state index in [1.807, 2.05) is 0 Å². The van der Waals surface area contributed by atoms with Crippen molar-refractivity contribution in [1.82, 2.24) is 14.4 Å². The Morgan fingerprint density at radius 3 is 2.30 bits per heavy atom. The highest BCUT2D eigenvalue weighted by Gasteiger charge is 2.57. The van der Waals surface area contributed by atoms with Gasteiger partial charge in [-0.3, -0.25) is 19.8 Å². The number of nitro benzene ring substituents is 1. The Labute approximate surface area is 268 Å². The maximum Gasteiger partial charge on any atom is 0.422 e. The van der Waals surface area contributed by atoms with Gasteiger partial charge in [-0.15, -0.1) is 0 Å². The van der Waals surface area contributed by atoms with E-state index in [0.717, 1.165) is 11.6 Å². The number of halogens is 3. The lowest BCUT2D eigenvalue weighted by molar-refractivity contribution is -0.384. The Bertz CT molecular complexity index is 1780. The molecule has 246 valence electrons. The van der Waals surface area contributed by atoms with Gasteiger partial charge in [0.05, 0.1) is 17.0 Å². The number of amides is 1. The van der Waals surface area contributed by atoms with Gasteiger partial charge in [0, 0.05) is 80.2 Å². The van der Waals surface area contributed by atoms with Gasteiger partial charge in [0.2, 0.25) is 5.60 Å². The number of nitrogens with zero attached hydrogens (tertiary/aromatic N) is 4. The quantitative estimate of drug-likeness (QED) is 0.106. The number of carbonyl (C=O) groups excluding carboxylic acids is 2. The number of ether oxygens (including phenoxy) is 1. The van der Waals surface area contributed by atoms with Crippen molar-refractivity contribution in [1.29, 1.82) is 0 Å². The van der Waals surface area contributed by atoms with E-state index in [4.69, 9.17) is 4.74 Å². The van der Waals surface area contributed by atoms with Crippen molar-refractivity contribution in [3.63, 3.8) is 0 Å². The summed E-state index contributed by atoms with van der Waals surface area (Å²) in [4.78, 5) is 38.6. The lowest BCUT2D eigenvalue weighted by Gasteiger charge is -2.40. The van der Waals surface area contributed by atoms with Gasteiger partial charge in [-0.1, -0.05) is 42.5 Å². The summed E-state index contributed by atoms with van der Waals surface area (Å²) in [7, 11) is 0. The minimum atomic E-state index is -5.09. The first kappa shape index (κ1) is 33.4. The second kappa shape index (κ2) is 13.8. The fourth-order valence-corrected chi connectivity index (χ4v) is 5.67. The van der Waals surface area contributed by atoms with E-state index in [1.165, 1.54) is 38.8 Å². The molecular formula is C34H33F3N4O6. The standard InChI is InChI=1S/C34H33F3N4O6/c1-2-47-31(42)15-10-24-8-11-26(12-9-24)32(43)39-18-16-38(17-19-39)23-33(44,34(35,36)37)29-22-40(21-25-6-4-3-5-7-25)30-20-27(41(45)46)13-14-28(29)30/h3-15,20,22,44H,2,16-19,21,23H2,1H3/b15-10+. The molecule has 47 heavy (non-hydrogen) atoms. The number of β-amino-alcohol motifs (C(OH)–C–C–N with tert-alkyl or cyclic N) is 1. The van der Waals surface area contributed by atoms with Crippen LogP contribution in [0.15, 0.2) is 85.1 Å². The number of nitro groups is 1. The molecule has 1 unspecified atom stereocenters. The molecule has 1 fully saturated rings. The van der Waals surface area contributed by atoms with Crippen LogP contribution in [0.25, 0.3) is 17.0 Å². The van der Waals surface area contributed by atoms with Gasteiger partial charge in [0.15, 0.2) is 0 Å². The lowest BCUT2D eigenvalue weighted by Crippen LogP contribution is -2.56. The van der Waals surface area contributed by atoms with Gasteiger partial charge in [0.1, 0.15) is 0 Å². The second-order valence-corrected chi connectivity index (χ2v) is 11.2. The molecule has 1 N–H and O–H groups in total. The third kappa shape index (κ3) is 7.36. The Hall–Kier alpha value is -5.01. The molecule has 1 amide bonds. The van der Waals surface area contributed by atoms with Crippen LogP contribution in [0.2, 0.25) is 0 Å². The lowest BCUT2D eigenvalue weighted by atomic mass is 9.91. The van der Waals surface area contributed by atoms with Gasteiger partial charge in [-0.2, -0.15) is 13.2 Å². The van der Waals surface area contributed by atoms with Crippen molar-refractivity contribution in [2.45, 2.75) is 25.2 Å². The van der Waals surface area contributed by atoms with E-state index in [1.54, 1.807) is 67.6 Å². The predicted octanol–water partition coefficient (Wildman–Crippen LogP) is 5.38. The fourth-order valence-electron chi connectivity index (χ4n) is 5.67. The average Bonchev–Trinajstić information content (AvgIpc) is 3.42. The molecule has 0 bridgehead atoms. The number of hydrogen-bond donors (Lipinski definition) is 1. The zero-order valence-electron chi connectivity index (χ0n) is 25.5. The molecule has 1 saturated heterocycles. The Balaban J connectivity index is 1.34. The Kier molecular flexibility index (Phi) is 9.77. The molecule has 1 atom stereocenters. The first-order valence-corrected chi connectivity index (χ1v) is 15.0. The zero-order chi connectivity index (χ0) is 33.8. The van der Waals surface area contributed by atoms with Crippen molar-refractivity contribution in [3.05, 3.63) is 117 Å². The number of aliphatic hydroxyl groups is 1. The summed E-state index contributed by atoms with van der Waals surface area (Å²) in [6.07, 6.45) is -1.02. The molecular weight excluding hydrogens is 617 g/mol. The van der Waals surface area contributed by atoms with Crippen molar-refractivity contribution in [2.24, 2.45) is 0 Å². The molecule has 1 aromatic heterocycles. The van der Waals surface area contributed by atoms with Crippen LogP contribution in [0, 0.1) is 10.1 Å². The number of non-ortho nitro benzene ring substituents is 1. The molecule has 1 aliphatic heterocycles. The maximum absolute atomic E-state index is 14.8. The van der Waals surface area contributed by atoms with Crippen molar-refractivity contribution in [2.75, 3.05) is 39.3 Å². The minimum absolute atomic E-state index is 0.0562. The van der Waals surface area contributed by atoms with Crippen molar-refractivity contribution < 1.29 is 37.5 Å². The van der Waals surface area contributed by atoms with Gasteiger partial charge in [-0.05, 0) is 42.3 Å². The summed E-state index contributed by atoms with van der Waals surface area (Å²) in [5.74, 6) is -0.771. The van der Waals surface area contributed by atoms with E-state index in [9.17, 15) is 38.0 Å². The number of hydrogen-bond acceptors (Lipinski definition) is 7. The van der Waals surface area contributed by atoms with E-state index < -0.39 is 34.8 Å². The molecule has 5 rings (SSSR count). The number of esters is 1. The highest BCUT2D eigenvalue weighted by Crippen LogP contribution is 2.44. The normalized spacial score (nSPS) is 15.6. The molecule has 1 aliphatic rings. The summed E-state index contributed by atoms with van der Waals surface area (Å²) in [5.41, 5.74) is -1.95. The van der Waals surface area contributed by atoms with E-state index in [-0.39, 0.29) is 61.8 Å². The fraction of sp³-hybridized carbons (Fsp3) is 0.294. The van der Waals surface area contributed by atoms with Crippen LogP contribution in [0.3, 0.4) is 0 Å². The summed E-state index contributed by atoms with van der Waals surface area (Å²) in [6.45, 7) is 1.74. The highest BCUT2D eigenvalue weighted by molar-refractivity contribution is 5.95. The van der Waals surface area contributed by atoms with Crippen LogP contribution < -0.4 is 0 Å². The molecule has 3 aromatic carbocycles. The third-order valence-electron chi connectivity index (χ3n) is 8.15. The Morgan fingerprint density at radius 2 is 1.68 bits per heavy atom. The molecule has 2 heterocycles. The number of rotatable bonds is 10. The molecule has 0 radical (unpaired) electrons. The van der Waals surface area contributed by atoms with Crippen LogP contribution in [-0.4, -0.2) is 81.8 Å². The molecule has 0 saturated carbocycles. The zero-order valence-corrected chi connectivity index (χ0v) is 25.5. The monoisotopic (exact) mass is 650 g/mol. The van der Waals surface area contributed by atoms with Crippen molar-refractivity contribution >= 4 is 34.5 Å². The summed E-state index contributed by atoms with van der Waals surface area (Å²) < 4.78 is 50.8. The van der Waals surface area contributed by atoms with Crippen LogP contribution in [-0.2, 0) is 21.7 Å². The van der Waals surface area contributed by atoms with E-state index >= 15 is 0 Å². The Morgan fingerprint density at radius 1 is 1.00 bits per heavy atom. The number of carbonyl (C=O) groups is 2. The van der Waals surface area contributed by atoms with Crippen LogP contribution in [0.5, 0.6) is 0 Å². The van der Waals surface area contributed by atoms with Gasteiger partial charge >= 0.3 is 12.1 Å². The van der Waals surface area contributed by atoms with Crippen LogP contribution >= 0.6 is 0 Å². The smallest absolute Gasteiger partial charge is 0.422 e. The number of benzene rings is 3. The highest BCUT2D eigenvalue weighted by atomic mass is 19.4. The first-order valence-electron chi connectivity index (χ1n) is 15.0. The van der Waals surface area contributed by atoms with Crippen LogP contribution in [0.4, 0.5) is 18.9 Å². The molecule has 0 spiro atoms. The van der Waals surface area contributed by atoms with Gasteiger partial charge < -0.3 is 19.3 Å².